The minimum atomic E-state index is 0.313. The first-order valence-corrected chi connectivity index (χ1v) is 5.47. The predicted octanol–water partition coefficient (Wildman–Crippen LogP) is 1.15. The van der Waals surface area contributed by atoms with Crippen molar-refractivity contribution >= 4 is 12.6 Å². The molecule has 0 aromatic carbocycles. The number of rotatable bonds is 3. The predicted molar refractivity (Wildman–Crippen MR) is 54.8 cm³/mol. The summed E-state index contributed by atoms with van der Waals surface area (Å²) < 4.78 is 0. The van der Waals surface area contributed by atoms with E-state index in [0.717, 1.165) is 25.3 Å². The van der Waals surface area contributed by atoms with Gasteiger partial charge >= 0.3 is 0 Å². The molecule has 0 saturated carbocycles. The van der Waals surface area contributed by atoms with Crippen LogP contribution in [0, 0.1) is 0 Å². The largest absolute Gasteiger partial charge is 0.395 e. The molecule has 1 atom stereocenters. The van der Waals surface area contributed by atoms with Crippen molar-refractivity contribution in [2.75, 3.05) is 25.4 Å². The first kappa shape index (κ1) is 10.4. The van der Waals surface area contributed by atoms with Gasteiger partial charge in [0.1, 0.15) is 0 Å². The third-order valence-corrected chi connectivity index (χ3v) is 2.80. The van der Waals surface area contributed by atoms with Gasteiger partial charge in [-0.3, -0.25) is 4.90 Å². The van der Waals surface area contributed by atoms with Crippen LogP contribution in [0.4, 0.5) is 0 Å². The Morgan fingerprint density at radius 3 is 2.83 bits per heavy atom. The summed E-state index contributed by atoms with van der Waals surface area (Å²) in [7, 11) is 0. The monoisotopic (exact) mass is 189 g/mol. The second-order valence-corrected chi connectivity index (χ2v) is 3.89. The third-order valence-electron chi connectivity index (χ3n) is 2.60. The van der Waals surface area contributed by atoms with Gasteiger partial charge < -0.3 is 5.11 Å². The first-order chi connectivity index (χ1) is 5.88. The molecule has 0 spiro atoms. The van der Waals surface area contributed by atoms with Crippen molar-refractivity contribution in [3.05, 3.63) is 0 Å². The summed E-state index contributed by atoms with van der Waals surface area (Å²) in [6.45, 7) is 2.48. The number of hydrogen-bond acceptors (Lipinski definition) is 3. The number of hydrogen-bond donors (Lipinski definition) is 2. The fourth-order valence-electron chi connectivity index (χ4n) is 1.87. The molecule has 2 nitrogen and oxygen atoms in total. The second kappa shape index (κ2) is 5.84. The summed E-state index contributed by atoms with van der Waals surface area (Å²) >= 11 is 4.22. The van der Waals surface area contributed by atoms with E-state index < -0.39 is 0 Å². The van der Waals surface area contributed by atoms with Crippen LogP contribution < -0.4 is 0 Å². The maximum atomic E-state index is 9.15. The fourth-order valence-corrected chi connectivity index (χ4v) is 2.12. The van der Waals surface area contributed by atoms with Gasteiger partial charge in [-0.2, -0.15) is 12.6 Å². The Hall–Kier alpha value is 0.270. The van der Waals surface area contributed by atoms with E-state index in [4.69, 9.17) is 5.11 Å². The molecule has 0 aromatic heterocycles. The average Bonchev–Trinajstić information content (AvgIpc) is 2.30. The van der Waals surface area contributed by atoms with Gasteiger partial charge in [-0.15, -0.1) is 0 Å². The molecule has 1 heterocycles. The SMILES string of the molecule is OCC1CCCCCN1CCS. The van der Waals surface area contributed by atoms with E-state index in [1.807, 2.05) is 0 Å². The molecular weight excluding hydrogens is 170 g/mol. The lowest BCUT2D eigenvalue weighted by Gasteiger charge is -2.27. The summed E-state index contributed by atoms with van der Waals surface area (Å²) in [5.41, 5.74) is 0. The molecule has 1 aliphatic heterocycles. The summed E-state index contributed by atoms with van der Waals surface area (Å²) in [6.07, 6.45) is 5.03. The molecule has 1 aliphatic rings. The lowest BCUT2D eigenvalue weighted by Crippen LogP contribution is -2.38. The highest BCUT2D eigenvalue weighted by Crippen LogP contribution is 2.15. The zero-order valence-corrected chi connectivity index (χ0v) is 8.47. The molecule has 0 amide bonds. The quantitative estimate of drug-likeness (QED) is 0.651. The van der Waals surface area contributed by atoms with E-state index in [2.05, 4.69) is 17.5 Å². The van der Waals surface area contributed by atoms with Gasteiger partial charge in [-0.05, 0) is 19.4 Å². The molecule has 0 bridgehead atoms. The normalized spacial score (nSPS) is 27.0. The second-order valence-electron chi connectivity index (χ2n) is 3.45. The molecule has 72 valence electrons. The van der Waals surface area contributed by atoms with Crippen LogP contribution in [0.3, 0.4) is 0 Å². The van der Waals surface area contributed by atoms with Crippen LogP contribution >= 0.6 is 12.6 Å². The van der Waals surface area contributed by atoms with Crippen molar-refractivity contribution in [1.29, 1.82) is 0 Å². The molecule has 0 radical (unpaired) electrons. The zero-order chi connectivity index (χ0) is 8.81. The Morgan fingerprint density at radius 1 is 1.33 bits per heavy atom. The van der Waals surface area contributed by atoms with Crippen LogP contribution in [0.15, 0.2) is 0 Å². The Bertz CT molecular complexity index is 121. The Labute approximate surface area is 80.4 Å². The van der Waals surface area contributed by atoms with E-state index in [0.29, 0.717) is 12.6 Å². The van der Waals surface area contributed by atoms with Crippen molar-refractivity contribution in [2.24, 2.45) is 0 Å². The fraction of sp³-hybridized carbons (Fsp3) is 1.00. The van der Waals surface area contributed by atoms with Crippen molar-refractivity contribution in [2.45, 2.75) is 31.7 Å². The van der Waals surface area contributed by atoms with Crippen LogP contribution in [0.25, 0.3) is 0 Å². The maximum absolute atomic E-state index is 9.15. The Kier molecular flexibility index (Phi) is 5.04. The van der Waals surface area contributed by atoms with Crippen LogP contribution in [-0.4, -0.2) is 41.5 Å². The summed E-state index contributed by atoms with van der Waals surface area (Å²) in [6, 6.07) is 0.402. The van der Waals surface area contributed by atoms with Gasteiger partial charge in [0.15, 0.2) is 0 Å². The molecule has 1 saturated heterocycles. The van der Waals surface area contributed by atoms with Gasteiger partial charge in [0.05, 0.1) is 6.61 Å². The summed E-state index contributed by atoms with van der Waals surface area (Å²) in [4.78, 5) is 2.38. The van der Waals surface area contributed by atoms with Gasteiger partial charge in [0, 0.05) is 18.3 Å². The van der Waals surface area contributed by atoms with Crippen LogP contribution in [-0.2, 0) is 0 Å². The summed E-state index contributed by atoms with van der Waals surface area (Å²) in [5.74, 6) is 0.899. The van der Waals surface area contributed by atoms with E-state index in [9.17, 15) is 0 Å². The summed E-state index contributed by atoms with van der Waals surface area (Å²) in [5, 5.41) is 9.15. The minimum Gasteiger partial charge on any atom is -0.395 e. The molecule has 3 heteroatoms. The highest BCUT2D eigenvalue weighted by atomic mass is 32.1. The molecule has 0 aliphatic carbocycles. The number of likely N-dealkylation sites (tertiary alicyclic amines) is 1. The molecule has 12 heavy (non-hydrogen) atoms. The molecular formula is C9H19NOS. The number of aliphatic hydroxyl groups is 1. The highest BCUT2D eigenvalue weighted by molar-refractivity contribution is 7.80. The molecule has 0 aromatic rings. The van der Waals surface area contributed by atoms with Gasteiger partial charge in [-0.1, -0.05) is 12.8 Å². The molecule has 1 rings (SSSR count). The van der Waals surface area contributed by atoms with E-state index >= 15 is 0 Å². The van der Waals surface area contributed by atoms with E-state index in [-0.39, 0.29) is 0 Å². The van der Waals surface area contributed by atoms with Crippen molar-refractivity contribution < 1.29 is 5.11 Å². The lowest BCUT2D eigenvalue weighted by molar-refractivity contribution is 0.131. The molecule has 1 N–H and O–H groups in total. The topological polar surface area (TPSA) is 23.5 Å². The molecule has 1 unspecified atom stereocenters. The van der Waals surface area contributed by atoms with Gasteiger partial charge in [-0.25, -0.2) is 0 Å². The maximum Gasteiger partial charge on any atom is 0.0586 e. The number of nitrogens with zero attached hydrogens (tertiary/aromatic N) is 1. The van der Waals surface area contributed by atoms with Gasteiger partial charge in [0.2, 0.25) is 0 Å². The Balaban J connectivity index is 2.39. The smallest absolute Gasteiger partial charge is 0.0586 e. The molecule has 1 fully saturated rings. The van der Waals surface area contributed by atoms with Crippen LogP contribution in [0.1, 0.15) is 25.7 Å². The lowest BCUT2D eigenvalue weighted by atomic mass is 10.1. The highest BCUT2D eigenvalue weighted by Gasteiger charge is 2.18. The zero-order valence-electron chi connectivity index (χ0n) is 7.58. The Morgan fingerprint density at radius 2 is 2.17 bits per heavy atom. The number of aliphatic hydroxyl groups excluding tert-OH is 1. The van der Waals surface area contributed by atoms with Crippen molar-refractivity contribution in [3.63, 3.8) is 0 Å². The third kappa shape index (κ3) is 2.96. The van der Waals surface area contributed by atoms with Crippen molar-refractivity contribution in [3.8, 4) is 0 Å². The van der Waals surface area contributed by atoms with Gasteiger partial charge in [0.25, 0.3) is 0 Å². The van der Waals surface area contributed by atoms with E-state index in [1.165, 1.54) is 19.3 Å². The number of thiol groups is 1. The van der Waals surface area contributed by atoms with Crippen LogP contribution in [0.2, 0.25) is 0 Å². The average molecular weight is 189 g/mol. The minimum absolute atomic E-state index is 0.313. The standard InChI is InChI=1S/C9H19NOS/c11-8-9-4-2-1-3-5-10(9)6-7-12/h9,11-12H,1-8H2. The van der Waals surface area contributed by atoms with Crippen molar-refractivity contribution in [1.82, 2.24) is 4.90 Å². The first-order valence-electron chi connectivity index (χ1n) is 4.84. The van der Waals surface area contributed by atoms with Crippen LogP contribution in [0.5, 0.6) is 0 Å². The van der Waals surface area contributed by atoms with E-state index in [1.54, 1.807) is 0 Å².